The zero-order valence-electron chi connectivity index (χ0n) is 25.3. The molecular weight excluding hydrogens is 616 g/mol. The van der Waals surface area contributed by atoms with Crippen LogP contribution in [0, 0.1) is 43.0 Å². The van der Waals surface area contributed by atoms with Crippen molar-refractivity contribution in [2.45, 2.75) is 51.2 Å². The highest BCUT2D eigenvalue weighted by molar-refractivity contribution is 6.25. The minimum Gasteiger partial charge on any atom is -0.271 e. The van der Waals surface area contributed by atoms with Gasteiger partial charge < -0.3 is 0 Å². The Morgan fingerprint density at radius 1 is 0.894 bits per heavy atom. The standard InChI is InChI=1S/C34H28F4N6O3/c1-17-6-10-19(11-7-17)14-21-4-3-5-22-28(21)40-44(30(22)20-12-8-18(2)9-13-20)25(45)16-42-32-29(39-41-42)33(46)43(34(32)47)31-26(37)23(35)15-24(36)27(31)38/h6-15,22,29-30,32H,3-5,16H2,1-2H3/b21-14+/t22-,29+,30-,32-/m1/s1. The average Bonchev–Trinajstić information content (AvgIpc) is 3.72. The summed E-state index contributed by atoms with van der Waals surface area (Å²) in [7, 11) is 0. The Balaban J connectivity index is 1.20. The van der Waals surface area contributed by atoms with E-state index < -0.39 is 71.3 Å². The number of fused-ring (bicyclic) bond motifs is 2. The zero-order chi connectivity index (χ0) is 33.1. The lowest BCUT2D eigenvalue weighted by Crippen LogP contribution is -2.45. The topological polar surface area (TPSA) is 98.0 Å². The summed E-state index contributed by atoms with van der Waals surface area (Å²) in [6, 6.07) is 12.3. The van der Waals surface area contributed by atoms with Gasteiger partial charge >= 0.3 is 0 Å². The molecule has 0 radical (unpaired) electrons. The van der Waals surface area contributed by atoms with Gasteiger partial charge in [-0.05, 0) is 55.9 Å². The second-order valence-corrected chi connectivity index (χ2v) is 12.2. The molecule has 0 aromatic heterocycles. The molecule has 240 valence electrons. The van der Waals surface area contributed by atoms with E-state index in [9.17, 15) is 31.9 Å². The van der Waals surface area contributed by atoms with Crippen molar-refractivity contribution in [2.24, 2.45) is 21.4 Å². The molecule has 1 saturated heterocycles. The molecule has 13 heteroatoms. The predicted octanol–water partition coefficient (Wildman–Crippen LogP) is 5.98. The first-order valence-electron chi connectivity index (χ1n) is 15.2. The Bertz CT molecular complexity index is 1880. The smallest absolute Gasteiger partial charge is 0.264 e. The third-order valence-corrected chi connectivity index (χ3v) is 9.06. The van der Waals surface area contributed by atoms with Crippen molar-refractivity contribution in [3.63, 3.8) is 0 Å². The molecule has 1 aliphatic carbocycles. The zero-order valence-corrected chi connectivity index (χ0v) is 25.3. The Kier molecular flexibility index (Phi) is 7.48. The molecule has 4 atom stereocenters. The minimum absolute atomic E-state index is 0.0221. The van der Waals surface area contributed by atoms with E-state index >= 15 is 0 Å². The molecular formula is C34H28F4N6O3. The van der Waals surface area contributed by atoms with E-state index in [1.165, 1.54) is 5.01 Å². The molecule has 3 amide bonds. The molecule has 3 heterocycles. The van der Waals surface area contributed by atoms with Gasteiger partial charge in [-0.3, -0.25) is 19.4 Å². The first kappa shape index (κ1) is 30.5. The Labute approximate surface area is 266 Å². The van der Waals surface area contributed by atoms with Crippen LogP contribution in [0.25, 0.3) is 6.08 Å². The van der Waals surface area contributed by atoms with Crippen LogP contribution in [0.5, 0.6) is 0 Å². The van der Waals surface area contributed by atoms with Gasteiger partial charge in [-0.1, -0.05) is 64.9 Å². The molecule has 1 saturated carbocycles. The van der Waals surface area contributed by atoms with E-state index in [0.29, 0.717) is 0 Å². The Morgan fingerprint density at radius 3 is 2.19 bits per heavy atom. The van der Waals surface area contributed by atoms with Crippen molar-refractivity contribution in [1.29, 1.82) is 0 Å². The second-order valence-electron chi connectivity index (χ2n) is 12.2. The van der Waals surface area contributed by atoms with Crippen molar-refractivity contribution in [3.05, 3.63) is 106 Å². The van der Waals surface area contributed by atoms with Crippen molar-refractivity contribution in [2.75, 3.05) is 11.4 Å². The Hall–Kier alpha value is -5.20. The van der Waals surface area contributed by atoms with Crippen LogP contribution in [0.15, 0.2) is 75.6 Å². The van der Waals surface area contributed by atoms with Gasteiger partial charge in [0.2, 0.25) is 0 Å². The summed E-state index contributed by atoms with van der Waals surface area (Å²) < 4.78 is 57.2. The van der Waals surface area contributed by atoms with Gasteiger partial charge in [-0.2, -0.15) is 10.2 Å². The molecule has 9 nitrogen and oxygen atoms in total. The van der Waals surface area contributed by atoms with E-state index in [0.717, 1.165) is 57.8 Å². The maximum atomic E-state index is 14.6. The van der Waals surface area contributed by atoms with Crippen LogP contribution in [0.3, 0.4) is 0 Å². The quantitative estimate of drug-likeness (QED) is 0.194. The number of rotatable bonds is 5. The van der Waals surface area contributed by atoms with Gasteiger partial charge in [0.1, 0.15) is 12.2 Å². The highest BCUT2D eigenvalue weighted by atomic mass is 19.2. The van der Waals surface area contributed by atoms with E-state index in [1.807, 2.05) is 62.4 Å². The largest absolute Gasteiger partial charge is 0.271 e. The fourth-order valence-corrected chi connectivity index (χ4v) is 6.71. The predicted molar refractivity (Wildman–Crippen MR) is 163 cm³/mol. The molecule has 0 bridgehead atoms. The molecule has 3 aliphatic heterocycles. The number of hydrogen-bond acceptors (Lipinski definition) is 7. The van der Waals surface area contributed by atoms with Gasteiger partial charge in [0.15, 0.2) is 35.4 Å². The first-order chi connectivity index (χ1) is 22.5. The SMILES string of the molecule is Cc1ccc(/C=C2\CCC[C@@H]3C2=NN(C(=O)CN2N=N[C@@H]4C(=O)N(c5c(F)c(F)cc(F)c5F)C(=O)[C@@H]42)[C@@H]3c2ccc(C)cc2)cc1. The summed E-state index contributed by atoms with van der Waals surface area (Å²) in [4.78, 5) is 40.6. The minimum atomic E-state index is -1.91. The molecule has 2 fully saturated rings. The van der Waals surface area contributed by atoms with Crippen molar-refractivity contribution in [1.82, 2.24) is 10.0 Å². The molecule has 0 N–H and O–H groups in total. The summed E-state index contributed by atoms with van der Waals surface area (Å²) in [6.45, 7) is 3.42. The number of benzene rings is 3. The highest BCUT2D eigenvalue weighted by Crippen LogP contribution is 2.45. The second kappa shape index (κ2) is 11.6. The summed E-state index contributed by atoms with van der Waals surface area (Å²) in [6.07, 6.45) is 4.52. The lowest BCUT2D eigenvalue weighted by molar-refractivity contribution is -0.136. The molecule has 0 spiro atoms. The van der Waals surface area contributed by atoms with Crippen LogP contribution in [-0.2, 0) is 14.4 Å². The lowest BCUT2D eigenvalue weighted by Gasteiger charge is -2.30. The number of hydrogen-bond donors (Lipinski definition) is 0. The van der Waals surface area contributed by atoms with Crippen molar-refractivity contribution in [3.8, 4) is 0 Å². The average molecular weight is 645 g/mol. The van der Waals surface area contributed by atoms with Crippen LogP contribution in [0.1, 0.15) is 47.6 Å². The van der Waals surface area contributed by atoms with Gasteiger partial charge in [0.25, 0.3) is 17.7 Å². The van der Waals surface area contributed by atoms with Crippen LogP contribution in [0.2, 0.25) is 0 Å². The highest BCUT2D eigenvalue weighted by Gasteiger charge is 2.57. The maximum absolute atomic E-state index is 14.6. The third kappa shape index (κ3) is 5.09. The van der Waals surface area contributed by atoms with E-state index in [1.54, 1.807) is 0 Å². The lowest BCUT2D eigenvalue weighted by atomic mass is 9.77. The fraction of sp³-hybridized carbons (Fsp3) is 0.294. The molecule has 0 unspecified atom stereocenters. The number of carbonyl (C=O) groups excluding carboxylic acids is 3. The van der Waals surface area contributed by atoms with Crippen molar-refractivity contribution >= 4 is 35.2 Å². The number of allylic oxidation sites excluding steroid dienone is 1. The summed E-state index contributed by atoms with van der Waals surface area (Å²) in [5, 5.41) is 14.8. The van der Waals surface area contributed by atoms with E-state index in [4.69, 9.17) is 5.10 Å². The van der Waals surface area contributed by atoms with Gasteiger partial charge in [0.05, 0.1) is 11.8 Å². The van der Waals surface area contributed by atoms with Crippen LogP contribution in [-0.4, -0.2) is 52.1 Å². The number of halogens is 4. The third-order valence-electron chi connectivity index (χ3n) is 9.06. The number of imide groups is 1. The first-order valence-corrected chi connectivity index (χ1v) is 15.2. The summed E-state index contributed by atoms with van der Waals surface area (Å²) in [5.41, 5.74) is 4.37. The Morgan fingerprint density at radius 2 is 1.53 bits per heavy atom. The molecule has 7 rings (SSSR count). The number of anilines is 1. The fourth-order valence-electron chi connectivity index (χ4n) is 6.71. The monoisotopic (exact) mass is 644 g/mol. The van der Waals surface area contributed by atoms with Gasteiger partial charge in [-0.15, -0.1) is 0 Å². The van der Waals surface area contributed by atoms with Gasteiger partial charge in [-0.25, -0.2) is 27.5 Å². The van der Waals surface area contributed by atoms with Crippen molar-refractivity contribution < 1.29 is 31.9 Å². The number of amides is 3. The normalized spacial score (nSPS) is 24.3. The van der Waals surface area contributed by atoms with Crippen LogP contribution in [0.4, 0.5) is 23.2 Å². The number of hydrazone groups is 1. The molecule has 3 aromatic rings. The molecule has 3 aromatic carbocycles. The summed E-state index contributed by atoms with van der Waals surface area (Å²) in [5.74, 6) is -10.5. The van der Waals surface area contributed by atoms with Crippen LogP contribution >= 0.6 is 0 Å². The number of carbonyl (C=O) groups is 3. The van der Waals surface area contributed by atoms with Crippen LogP contribution < -0.4 is 4.90 Å². The maximum Gasteiger partial charge on any atom is 0.264 e. The van der Waals surface area contributed by atoms with Gasteiger partial charge in [0, 0.05) is 12.0 Å². The summed E-state index contributed by atoms with van der Waals surface area (Å²) >= 11 is 0. The number of nitrogens with zero attached hydrogens (tertiary/aromatic N) is 6. The molecule has 4 aliphatic rings. The molecule has 47 heavy (non-hydrogen) atoms. The van der Waals surface area contributed by atoms with E-state index in [2.05, 4.69) is 16.4 Å². The van der Waals surface area contributed by atoms with E-state index in [-0.39, 0.29) is 16.9 Å². The number of aryl methyl sites for hydroxylation is 2.